The van der Waals surface area contributed by atoms with Gasteiger partial charge >= 0.3 is 0 Å². The van der Waals surface area contributed by atoms with Crippen molar-refractivity contribution in [2.75, 3.05) is 19.6 Å². The SMILES string of the molecule is CCCNC(=O)[C@@H]1CCCN(S(=O)(=O)Cc2cccc(Cl)c2)C1. The Kier molecular flexibility index (Phi) is 6.44. The quantitative estimate of drug-likeness (QED) is 0.849. The second-order valence-electron chi connectivity index (χ2n) is 5.87. The van der Waals surface area contributed by atoms with E-state index in [0.29, 0.717) is 30.1 Å². The zero-order valence-corrected chi connectivity index (χ0v) is 14.9. The molecule has 1 aliphatic rings. The summed E-state index contributed by atoms with van der Waals surface area (Å²) in [6, 6.07) is 6.87. The first-order chi connectivity index (χ1) is 10.9. The summed E-state index contributed by atoms with van der Waals surface area (Å²) < 4.78 is 26.6. The monoisotopic (exact) mass is 358 g/mol. The second-order valence-corrected chi connectivity index (χ2v) is 8.28. The lowest BCUT2D eigenvalue weighted by Crippen LogP contribution is -2.45. The lowest BCUT2D eigenvalue weighted by Gasteiger charge is -2.31. The molecular weight excluding hydrogens is 336 g/mol. The maximum atomic E-state index is 12.6. The Labute approximate surface area is 143 Å². The summed E-state index contributed by atoms with van der Waals surface area (Å²) in [5, 5.41) is 3.37. The van der Waals surface area contributed by atoms with Crippen molar-refractivity contribution in [3.05, 3.63) is 34.9 Å². The van der Waals surface area contributed by atoms with Crippen LogP contribution in [0.3, 0.4) is 0 Å². The molecule has 1 saturated heterocycles. The van der Waals surface area contributed by atoms with E-state index in [1.165, 1.54) is 4.31 Å². The fourth-order valence-corrected chi connectivity index (χ4v) is 4.54. The van der Waals surface area contributed by atoms with Crippen molar-refractivity contribution in [2.45, 2.75) is 31.9 Å². The Morgan fingerprint density at radius 3 is 2.91 bits per heavy atom. The predicted octanol–water partition coefficient (Wildman–Crippen LogP) is 2.41. The smallest absolute Gasteiger partial charge is 0.224 e. The lowest BCUT2D eigenvalue weighted by molar-refractivity contribution is -0.126. The highest BCUT2D eigenvalue weighted by atomic mass is 35.5. The summed E-state index contributed by atoms with van der Waals surface area (Å²) >= 11 is 5.91. The molecule has 1 amide bonds. The molecule has 1 fully saturated rings. The van der Waals surface area contributed by atoms with Gasteiger partial charge in [0.25, 0.3) is 0 Å². The molecule has 0 bridgehead atoms. The van der Waals surface area contributed by atoms with Gasteiger partial charge in [0.1, 0.15) is 0 Å². The number of nitrogens with one attached hydrogen (secondary N) is 1. The molecular formula is C16H23ClN2O3S. The first-order valence-electron chi connectivity index (χ1n) is 7.92. The molecule has 1 atom stereocenters. The van der Waals surface area contributed by atoms with Gasteiger partial charge in [0, 0.05) is 24.7 Å². The fraction of sp³-hybridized carbons (Fsp3) is 0.562. The van der Waals surface area contributed by atoms with E-state index in [1.54, 1.807) is 24.3 Å². The highest BCUT2D eigenvalue weighted by Crippen LogP contribution is 2.22. The molecule has 1 aromatic rings. The molecule has 7 heteroatoms. The zero-order chi connectivity index (χ0) is 16.9. The Morgan fingerprint density at radius 2 is 2.22 bits per heavy atom. The van der Waals surface area contributed by atoms with Crippen molar-refractivity contribution in [2.24, 2.45) is 5.92 Å². The van der Waals surface area contributed by atoms with Crippen molar-refractivity contribution < 1.29 is 13.2 Å². The van der Waals surface area contributed by atoms with Crippen LogP contribution in [-0.2, 0) is 20.6 Å². The molecule has 0 unspecified atom stereocenters. The van der Waals surface area contributed by atoms with Gasteiger partial charge in [-0.2, -0.15) is 0 Å². The number of carbonyl (C=O) groups excluding carboxylic acids is 1. The van der Waals surface area contributed by atoms with Gasteiger partial charge < -0.3 is 5.32 Å². The largest absolute Gasteiger partial charge is 0.356 e. The molecule has 5 nitrogen and oxygen atoms in total. The van der Waals surface area contributed by atoms with Crippen LogP contribution in [0.5, 0.6) is 0 Å². The van der Waals surface area contributed by atoms with Crippen LogP contribution in [0.15, 0.2) is 24.3 Å². The Morgan fingerprint density at radius 1 is 1.43 bits per heavy atom. The number of amides is 1. The van der Waals surface area contributed by atoms with Gasteiger partial charge in [-0.05, 0) is 37.0 Å². The van der Waals surface area contributed by atoms with Crippen molar-refractivity contribution in [1.82, 2.24) is 9.62 Å². The summed E-state index contributed by atoms with van der Waals surface area (Å²) in [5.41, 5.74) is 0.662. The highest BCUT2D eigenvalue weighted by molar-refractivity contribution is 7.88. The summed E-state index contributed by atoms with van der Waals surface area (Å²) in [6.07, 6.45) is 2.31. The molecule has 1 N–H and O–H groups in total. The molecule has 1 heterocycles. The van der Waals surface area contributed by atoms with Crippen LogP contribution in [0.1, 0.15) is 31.7 Å². The van der Waals surface area contributed by atoms with Crippen LogP contribution in [0.25, 0.3) is 0 Å². The van der Waals surface area contributed by atoms with Gasteiger partial charge in [0.2, 0.25) is 15.9 Å². The van der Waals surface area contributed by atoms with Crippen LogP contribution in [0.2, 0.25) is 5.02 Å². The second kappa shape index (κ2) is 8.13. The lowest BCUT2D eigenvalue weighted by atomic mass is 9.99. The number of piperidine rings is 1. The molecule has 23 heavy (non-hydrogen) atoms. The van der Waals surface area contributed by atoms with E-state index in [4.69, 9.17) is 11.6 Å². The van der Waals surface area contributed by atoms with E-state index in [2.05, 4.69) is 5.32 Å². The van der Waals surface area contributed by atoms with Crippen molar-refractivity contribution in [3.8, 4) is 0 Å². The summed E-state index contributed by atoms with van der Waals surface area (Å²) in [5.74, 6) is -0.393. The van der Waals surface area contributed by atoms with Gasteiger partial charge in [-0.3, -0.25) is 4.79 Å². The minimum absolute atomic E-state index is 0.0468. The van der Waals surface area contributed by atoms with Crippen molar-refractivity contribution in [3.63, 3.8) is 0 Å². The maximum absolute atomic E-state index is 12.6. The number of hydrogen-bond donors (Lipinski definition) is 1. The topological polar surface area (TPSA) is 66.5 Å². The third-order valence-electron chi connectivity index (χ3n) is 3.94. The third kappa shape index (κ3) is 5.19. The number of carbonyl (C=O) groups is 1. The average molecular weight is 359 g/mol. The van der Waals surface area contributed by atoms with Crippen molar-refractivity contribution >= 4 is 27.5 Å². The molecule has 1 aromatic carbocycles. The Bertz CT molecular complexity index is 648. The molecule has 2 rings (SSSR count). The number of halogens is 1. The molecule has 0 saturated carbocycles. The van der Waals surface area contributed by atoms with E-state index < -0.39 is 10.0 Å². The van der Waals surface area contributed by atoms with Crippen LogP contribution >= 0.6 is 11.6 Å². The first-order valence-corrected chi connectivity index (χ1v) is 9.91. The van der Waals surface area contributed by atoms with Gasteiger partial charge in [-0.15, -0.1) is 0 Å². The number of rotatable bonds is 6. The minimum atomic E-state index is -3.45. The summed E-state index contributed by atoms with van der Waals surface area (Å²) in [6.45, 7) is 3.35. The molecule has 0 radical (unpaired) electrons. The van der Waals surface area contributed by atoms with Gasteiger partial charge in [0.15, 0.2) is 0 Å². The average Bonchev–Trinajstić information content (AvgIpc) is 2.52. The molecule has 0 aromatic heterocycles. The van der Waals surface area contributed by atoms with Crippen LogP contribution in [-0.4, -0.2) is 38.3 Å². The molecule has 128 valence electrons. The number of nitrogens with zero attached hydrogens (tertiary/aromatic N) is 1. The third-order valence-corrected chi connectivity index (χ3v) is 5.99. The summed E-state index contributed by atoms with van der Waals surface area (Å²) in [7, 11) is -3.45. The predicted molar refractivity (Wildman–Crippen MR) is 91.7 cm³/mol. The van der Waals surface area contributed by atoms with Crippen molar-refractivity contribution in [1.29, 1.82) is 0 Å². The number of benzene rings is 1. The number of sulfonamides is 1. The highest BCUT2D eigenvalue weighted by Gasteiger charge is 2.32. The molecule has 1 aliphatic heterocycles. The van der Waals surface area contributed by atoms with Crippen LogP contribution in [0, 0.1) is 5.92 Å². The van der Waals surface area contributed by atoms with E-state index in [-0.39, 0.29) is 24.1 Å². The fourth-order valence-electron chi connectivity index (χ4n) is 2.73. The van der Waals surface area contributed by atoms with Gasteiger partial charge in [-0.25, -0.2) is 12.7 Å². The molecule has 0 aliphatic carbocycles. The zero-order valence-electron chi connectivity index (χ0n) is 13.3. The van der Waals surface area contributed by atoms with E-state index >= 15 is 0 Å². The maximum Gasteiger partial charge on any atom is 0.224 e. The minimum Gasteiger partial charge on any atom is -0.356 e. The van der Waals surface area contributed by atoms with Gasteiger partial charge in [-0.1, -0.05) is 30.7 Å². The first kappa shape index (κ1) is 18.2. The number of hydrogen-bond acceptors (Lipinski definition) is 3. The molecule has 0 spiro atoms. The van der Waals surface area contributed by atoms with E-state index in [9.17, 15) is 13.2 Å². The van der Waals surface area contributed by atoms with E-state index in [0.717, 1.165) is 12.8 Å². The standard InChI is InChI=1S/C16H23ClN2O3S/c1-2-8-18-16(20)14-6-4-9-19(11-14)23(21,22)12-13-5-3-7-15(17)10-13/h3,5,7,10,14H,2,4,6,8-9,11-12H2,1H3,(H,18,20)/t14-/m1/s1. The van der Waals surface area contributed by atoms with E-state index in [1.807, 2.05) is 6.92 Å². The Balaban J connectivity index is 2.03. The van der Waals surface area contributed by atoms with Crippen LogP contribution in [0.4, 0.5) is 0 Å². The van der Waals surface area contributed by atoms with Gasteiger partial charge in [0.05, 0.1) is 11.7 Å². The van der Waals surface area contributed by atoms with Crippen LogP contribution < -0.4 is 5.32 Å². The normalized spacial score (nSPS) is 19.5. The Hall–Kier alpha value is -1.11. The summed E-state index contributed by atoms with van der Waals surface area (Å²) in [4.78, 5) is 12.1.